The Morgan fingerprint density at radius 2 is 1.01 bits per heavy atom. The zero-order valence-electron chi connectivity index (χ0n) is 54.7. The van der Waals surface area contributed by atoms with E-state index in [2.05, 4.69) is 332 Å². The lowest BCUT2D eigenvalue weighted by molar-refractivity contribution is 0.332. The van der Waals surface area contributed by atoms with E-state index in [1.54, 1.807) is 0 Å². The maximum atomic E-state index is 6.65. The highest BCUT2D eigenvalue weighted by molar-refractivity contribution is 6.73. The number of rotatable bonds is 10. The highest BCUT2D eigenvalue weighted by atomic mass is 16.3. The van der Waals surface area contributed by atoms with Crippen LogP contribution in [-0.2, 0) is 21.7 Å². The van der Waals surface area contributed by atoms with Crippen molar-refractivity contribution in [3.8, 4) is 27.9 Å². The normalized spacial score (nSPS) is 15.6. The molecule has 14 aromatic rings. The Labute approximate surface area is 547 Å². The van der Waals surface area contributed by atoms with Gasteiger partial charge in [-0.3, -0.25) is 0 Å². The summed E-state index contributed by atoms with van der Waals surface area (Å²) in [5.74, 6) is 0. The molecule has 453 valence electrons. The largest absolute Gasteiger partial charge is 0.456 e. The molecule has 0 atom stereocenters. The summed E-state index contributed by atoms with van der Waals surface area (Å²) >= 11 is 0. The SMILES string of the molecule is Cc1ccccc1-c1cccc(N(c2ccc3oc4ccccc4c3c2)c2cc(-c3cc(N(c4ccccc4)c4ccccc4)ccc3Nc3ccc4c(c3)C(C)(C)CCC4(C)C)c3c4c2c2cc5ccccc5cc2n4-c2cc4c(cc2[B]3)C(C)(C)CCC4(C)C)c1. The van der Waals surface area contributed by atoms with Gasteiger partial charge in [0.05, 0.1) is 16.7 Å². The summed E-state index contributed by atoms with van der Waals surface area (Å²) in [5.41, 5.74) is 27.8. The van der Waals surface area contributed by atoms with Crippen LogP contribution >= 0.6 is 0 Å². The van der Waals surface area contributed by atoms with Crippen LogP contribution < -0.4 is 26.0 Å². The first-order chi connectivity index (χ1) is 45.0. The molecule has 93 heavy (non-hydrogen) atoms. The monoisotopic (exact) mass is 1200 g/mol. The Kier molecular flexibility index (Phi) is 12.8. The van der Waals surface area contributed by atoms with E-state index in [1.165, 1.54) is 82.6 Å². The van der Waals surface area contributed by atoms with Crippen molar-refractivity contribution in [3.63, 3.8) is 0 Å². The molecule has 0 unspecified atom stereocenters. The molecule has 0 bridgehead atoms. The second kappa shape index (κ2) is 21.0. The van der Waals surface area contributed by atoms with Crippen LogP contribution in [0.5, 0.6) is 0 Å². The Morgan fingerprint density at radius 3 is 1.74 bits per heavy atom. The summed E-state index contributed by atoms with van der Waals surface area (Å²) in [5, 5.41) is 11.2. The van der Waals surface area contributed by atoms with Crippen molar-refractivity contribution in [1.82, 2.24) is 4.57 Å². The van der Waals surface area contributed by atoms with Gasteiger partial charge in [0, 0.05) is 72.6 Å². The standard InChI is InChI=1S/C87H76BN4O/c1-54-23-16-19-32-64(54)57-26-22-31-61(45-57)91(63-37-40-80-67(50-63)65-33-20-21-34-79(65)93-80)78-51-68(82-83-81(78)69-46-55-24-17-18-25-56(55)47-76(69)92(83)77-53-73-72(52-74(77)88-82)86(6,7)43-44-87(73,8)9)66-49-62(90(59-27-12-10-13-28-59)60-29-14-11-15-30-60)36-39-75(66)89-58-35-38-70-71(48-58)85(4,5)42-41-84(70,2)3/h10-40,45-53,89H,41-44H2,1-9H3. The summed E-state index contributed by atoms with van der Waals surface area (Å²) in [6.07, 6.45) is 4.53. The van der Waals surface area contributed by atoms with Crippen molar-refractivity contribution in [2.45, 2.75) is 110 Å². The lowest BCUT2D eigenvalue weighted by atomic mass is 9.55. The van der Waals surface area contributed by atoms with E-state index in [0.717, 1.165) is 110 Å². The number of para-hydroxylation sites is 3. The number of hydrogen-bond donors (Lipinski definition) is 1. The van der Waals surface area contributed by atoms with Crippen molar-refractivity contribution < 1.29 is 4.42 Å². The second-order valence-electron chi connectivity index (χ2n) is 29.4. The van der Waals surface area contributed by atoms with Crippen molar-refractivity contribution in [3.05, 3.63) is 270 Å². The minimum Gasteiger partial charge on any atom is -0.456 e. The van der Waals surface area contributed by atoms with Crippen LogP contribution in [0, 0.1) is 6.92 Å². The van der Waals surface area contributed by atoms with Crippen LogP contribution in [-0.4, -0.2) is 11.8 Å². The van der Waals surface area contributed by atoms with E-state index >= 15 is 0 Å². The molecule has 0 spiro atoms. The molecule has 1 radical (unpaired) electrons. The first-order valence-corrected chi connectivity index (χ1v) is 33.4. The quantitative estimate of drug-likeness (QED) is 0.138. The third kappa shape index (κ3) is 9.26. The number of anilines is 8. The summed E-state index contributed by atoms with van der Waals surface area (Å²) < 4.78 is 9.32. The number of fused-ring (bicyclic) bond motifs is 11. The average Bonchev–Trinajstić information content (AvgIpc) is 1.54. The molecule has 6 heteroatoms. The topological polar surface area (TPSA) is 36.6 Å². The number of hydrogen-bond acceptors (Lipinski definition) is 4. The zero-order chi connectivity index (χ0) is 63.3. The lowest BCUT2D eigenvalue weighted by Gasteiger charge is -2.43. The summed E-state index contributed by atoms with van der Waals surface area (Å²) in [7, 11) is 2.56. The van der Waals surface area contributed by atoms with Gasteiger partial charge in [-0.25, -0.2) is 0 Å². The minimum atomic E-state index is -0.0250. The van der Waals surface area contributed by atoms with Gasteiger partial charge in [-0.2, -0.15) is 0 Å². The van der Waals surface area contributed by atoms with Gasteiger partial charge in [-0.15, -0.1) is 0 Å². The Bertz CT molecular complexity index is 5330. The molecule has 17 rings (SSSR count). The minimum absolute atomic E-state index is 0.0118. The molecular weight excluding hydrogens is 1130 g/mol. The fourth-order valence-corrected chi connectivity index (χ4v) is 16.2. The van der Waals surface area contributed by atoms with Crippen LogP contribution in [0.1, 0.15) is 109 Å². The van der Waals surface area contributed by atoms with Crippen molar-refractivity contribution in [2.24, 2.45) is 0 Å². The number of nitrogens with zero attached hydrogens (tertiary/aromatic N) is 3. The van der Waals surface area contributed by atoms with E-state index in [-0.39, 0.29) is 21.7 Å². The summed E-state index contributed by atoms with van der Waals surface area (Å²) in [4.78, 5) is 4.97. The van der Waals surface area contributed by atoms with E-state index < -0.39 is 0 Å². The van der Waals surface area contributed by atoms with E-state index in [4.69, 9.17) is 4.42 Å². The second-order valence-corrected chi connectivity index (χ2v) is 29.4. The molecule has 2 aromatic heterocycles. The molecule has 2 aliphatic carbocycles. The van der Waals surface area contributed by atoms with Gasteiger partial charge in [0.15, 0.2) is 7.28 Å². The van der Waals surface area contributed by atoms with E-state index in [1.807, 2.05) is 0 Å². The van der Waals surface area contributed by atoms with Crippen LogP contribution in [0.25, 0.3) is 82.5 Å². The third-order valence-corrected chi connectivity index (χ3v) is 21.6. The fourth-order valence-electron chi connectivity index (χ4n) is 16.2. The maximum absolute atomic E-state index is 6.65. The average molecular weight is 1200 g/mol. The first-order valence-electron chi connectivity index (χ1n) is 33.4. The molecule has 0 fully saturated rings. The predicted molar refractivity (Wildman–Crippen MR) is 396 cm³/mol. The number of furan rings is 1. The highest BCUT2D eigenvalue weighted by Gasteiger charge is 2.41. The van der Waals surface area contributed by atoms with Gasteiger partial charge >= 0.3 is 0 Å². The molecule has 1 aliphatic heterocycles. The number of aryl methyl sites for hydroxylation is 1. The van der Waals surface area contributed by atoms with Crippen molar-refractivity contribution in [1.29, 1.82) is 0 Å². The van der Waals surface area contributed by atoms with Gasteiger partial charge in [0.2, 0.25) is 0 Å². The third-order valence-electron chi connectivity index (χ3n) is 21.6. The van der Waals surface area contributed by atoms with Crippen LogP contribution in [0.3, 0.4) is 0 Å². The highest BCUT2D eigenvalue weighted by Crippen LogP contribution is 2.53. The van der Waals surface area contributed by atoms with Crippen LogP contribution in [0.4, 0.5) is 45.5 Å². The maximum Gasteiger partial charge on any atom is 0.197 e. The predicted octanol–water partition coefficient (Wildman–Crippen LogP) is 22.8. The Hall–Kier alpha value is -10.0. The first kappa shape index (κ1) is 56.9. The number of nitrogens with one attached hydrogen (secondary N) is 1. The molecule has 12 aromatic carbocycles. The van der Waals surface area contributed by atoms with Gasteiger partial charge in [0.1, 0.15) is 11.2 Å². The smallest absolute Gasteiger partial charge is 0.197 e. The van der Waals surface area contributed by atoms with Crippen molar-refractivity contribution >= 4 is 118 Å². The molecule has 3 heterocycles. The van der Waals surface area contributed by atoms with E-state index in [9.17, 15) is 0 Å². The Balaban J connectivity index is 1.03. The van der Waals surface area contributed by atoms with E-state index in [0.29, 0.717) is 0 Å². The Morgan fingerprint density at radius 1 is 0.419 bits per heavy atom. The van der Waals surface area contributed by atoms with Crippen LogP contribution in [0.2, 0.25) is 0 Å². The molecular formula is C87H76BN4O. The summed E-state index contributed by atoms with van der Waals surface area (Å²) in [6.45, 7) is 21.8. The summed E-state index contributed by atoms with van der Waals surface area (Å²) in [6, 6.07) is 90.9. The van der Waals surface area contributed by atoms with Crippen LogP contribution in [0.15, 0.2) is 247 Å². The van der Waals surface area contributed by atoms with Gasteiger partial charge in [-0.1, -0.05) is 188 Å². The molecule has 3 aliphatic rings. The number of benzene rings is 12. The number of aromatic nitrogens is 1. The van der Waals surface area contributed by atoms with Crippen molar-refractivity contribution in [2.75, 3.05) is 15.1 Å². The van der Waals surface area contributed by atoms with Gasteiger partial charge in [0.25, 0.3) is 0 Å². The molecule has 5 nitrogen and oxygen atoms in total. The molecule has 0 amide bonds. The molecule has 0 saturated carbocycles. The zero-order valence-corrected chi connectivity index (χ0v) is 54.7. The lowest BCUT2D eigenvalue weighted by Crippen LogP contribution is -2.41. The molecule has 1 N–H and O–H groups in total. The fraction of sp³-hybridized carbons (Fsp3) is 0.195. The van der Waals surface area contributed by atoms with Gasteiger partial charge < -0.3 is 24.1 Å². The van der Waals surface area contributed by atoms with Gasteiger partial charge in [-0.05, 0) is 230 Å². The molecule has 0 saturated heterocycles.